The van der Waals surface area contributed by atoms with Crippen LogP contribution in [0.2, 0.25) is 0 Å². The lowest BCUT2D eigenvalue weighted by atomic mass is 9.89. The molecular formula is C15H18N2O3. The Hall–Kier alpha value is -2.30. The first kappa shape index (κ1) is 14.1. The number of hydrogen-bond acceptors (Lipinski definition) is 3. The molecule has 106 valence electrons. The van der Waals surface area contributed by atoms with E-state index in [-0.39, 0.29) is 23.9 Å². The van der Waals surface area contributed by atoms with Crippen molar-refractivity contribution < 1.29 is 9.53 Å². The van der Waals surface area contributed by atoms with Crippen LogP contribution >= 0.6 is 0 Å². The second-order valence-electron chi connectivity index (χ2n) is 4.59. The molecule has 0 aliphatic heterocycles. The number of esters is 1. The fourth-order valence-corrected chi connectivity index (χ4v) is 2.33. The molecule has 5 nitrogen and oxygen atoms in total. The third-order valence-corrected chi connectivity index (χ3v) is 3.24. The normalized spacial score (nSPS) is 12.1. The highest BCUT2D eigenvalue weighted by Gasteiger charge is 2.24. The summed E-state index contributed by atoms with van der Waals surface area (Å²) in [6, 6.07) is 9.51. The number of aromatic nitrogens is 2. The van der Waals surface area contributed by atoms with E-state index in [1.807, 2.05) is 37.3 Å². The Morgan fingerprint density at radius 1 is 1.25 bits per heavy atom. The maximum atomic E-state index is 12.0. The maximum absolute atomic E-state index is 12.0. The molecule has 0 saturated heterocycles. The number of benzene rings is 1. The first-order valence-electron chi connectivity index (χ1n) is 6.61. The smallest absolute Gasteiger partial charge is 0.306 e. The summed E-state index contributed by atoms with van der Waals surface area (Å²) in [7, 11) is 0. The van der Waals surface area contributed by atoms with Gasteiger partial charge in [0.25, 0.3) is 5.56 Å². The number of H-pyrrole nitrogens is 2. The number of aryl methyl sites for hydroxylation is 1. The molecule has 5 heteroatoms. The minimum atomic E-state index is -0.304. The quantitative estimate of drug-likeness (QED) is 0.820. The highest BCUT2D eigenvalue weighted by Crippen LogP contribution is 2.27. The van der Waals surface area contributed by atoms with Crippen LogP contribution in [0.15, 0.2) is 35.1 Å². The van der Waals surface area contributed by atoms with E-state index in [0.717, 1.165) is 11.3 Å². The lowest BCUT2D eigenvalue weighted by Gasteiger charge is -2.15. The zero-order valence-electron chi connectivity index (χ0n) is 11.6. The average molecular weight is 274 g/mol. The van der Waals surface area contributed by atoms with Crippen LogP contribution in [-0.2, 0) is 9.53 Å². The monoisotopic (exact) mass is 274 g/mol. The highest BCUT2D eigenvalue weighted by molar-refractivity contribution is 5.71. The predicted octanol–water partition coefficient (Wildman–Crippen LogP) is 2.10. The van der Waals surface area contributed by atoms with Gasteiger partial charge in [0, 0.05) is 17.2 Å². The van der Waals surface area contributed by atoms with E-state index >= 15 is 0 Å². The van der Waals surface area contributed by atoms with Crippen LogP contribution in [0.4, 0.5) is 0 Å². The number of aromatic amines is 2. The van der Waals surface area contributed by atoms with Crippen LogP contribution in [-0.4, -0.2) is 22.8 Å². The summed E-state index contributed by atoms with van der Waals surface area (Å²) in [4.78, 5) is 23.8. The van der Waals surface area contributed by atoms with Gasteiger partial charge in [0.05, 0.1) is 13.0 Å². The van der Waals surface area contributed by atoms with E-state index in [9.17, 15) is 9.59 Å². The molecule has 0 fully saturated rings. The van der Waals surface area contributed by atoms with Gasteiger partial charge >= 0.3 is 5.97 Å². The number of nitrogens with one attached hydrogen (secondary N) is 2. The summed E-state index contributed by atoms with van der Waals surface area (Å²) in [5, 5.41) is 5.36. The Labute approximate surface area is 117 Å². The van der Waals surface area contributed by atoms with Crippen molar-refractivity contribution in [3.05, 3.63) is 57.5 Å². The Morgan fingerprint density at radius 3 is 2.50 bits per heavy atom. The molecular weight excluding hydrogens is 256 g/mol. The Bertz CT molecular complexity index is 628. The molecule has 0 spiro atoms. The lowest BCUT2D eigenvalue weighted by Crippen LogP contribution is -2.17. The lowest BCUT2D eigenvalue weighted by molar-refractivity contribution is -0.143. The molecule has 1 atom stereocenters. The van der Waals surface area contributed by atoms with Crippen molar-refractivity contribution in [2.45, 2.75) is 26.2 Å². The van der Waals surface area contributed by atoms with Crippen LogP contribution in [0, 0.1) is 6.92 Å². The molecule has 0 unspecified atom stereocenters. The summed E-state index contributed by atoms with van der Waals surface area (Å²) in [6.07, 6.45) is 0.152. The summed E-state index contributed by atoms with van der Waals surface area (Å²) in [5.74, 6) is -0.605. The van der Waals surface area contributed by atoms with Gasteiger partial charge in [-0.2, -0.15) is 0 Å². The number of carbonyl (C=O) groups is 1. The van der Waals surface area contributed by atoms with Crippen LogP contribution in [0.5, 0.6) is 0 Å². The van der Waals surface area contributed by atoms with E-state index in [4.69, 9.17) is 4.74 Å². The second kappa shape index (κ2) is 6.23. The van der Waals surface area contributed by atoms with Gasteiger partial charge in [-0.05, 0) is 19.4 Å². The number of carbonyl (C=O) groups excluding carboxylic acids is 1. The number of rotatable bonds is 5. The van der Waals surface area contributed by atoms with Gasteiger partial charge < -0.3 is 9.84 Å². The summed E-state index contributed by atoms with van der Waals surface area (Å²) < 4.78 is 5.01. The third kappa shape index (κ3) is 2.99. The molecule has 2 rings (SSSR count). The van der Waals surface area contributed by atoms with Crippen LogP contribution < -0.4 is 5.56 Å². The van der Waals surface area contributed by atoms with Crippen molar-refractivity contribution in [1.82, 2.24) is 10.2 Å². The molecule has 0 aliphatic carbocycles. The molecule has 0 aliphatic rings. The van der Waals surface area contributed by atoms with Gasteiger partial charge in [-0.15, -0.1) is 0 Å². The molecule has 1 heterocycles. The summed E-state index contributed by atoms with van der Waals surface area (Å²) in [5.41, 5.74) is 2.06. The highest BCUT2D eigenvalue weighted by atomic mass is 16.5. The first-order chi connectivity index (χ1) is 9.63. The van der Waals surface area contributed by atoms with E-state index in [1.165, 1.54) is 0 Å². The summed E-state index contributed by atoms with van der Waals surface area (Å²) in [6.45, 7) is 3.92. The molecule has 1 aromatic carbocycles. The Kier molecular flexibility index (Phi) is 4.40. The minimum absolute atomic E-state index is 0.152. The zero-order chi connectivity index (χ0) is 14.5. The third-order valence-electron chi connectivity index (χ3n) is 3.24. The molecule has 1 aromatic heterocycles. The Morgan fingerprint density at radius 2 is 1.95 bits per heavy atom. The first-order valence-corrected chi connectivity index (χ1v) is 6.61. The predicted molar refractivity (Wildman–Crippen MR) is 75.7 cm³/mol. The molecule has 0 radical (unpaired) electrons. The zero-order valence-corrected chi connectivity index (χ0v) is 11.6. The maximum Gasteiger partial charge on any atom is 0.306 e. The average Bonchev–Trinajstić information content (AvgIpc) is 2.77. The van der Waals surface area contributed by atoms with E-state index in [0.29, 0.717) is 12.2 Å². The van der Waals surface area contributed by atoms with Gasteiger partial charge in [-0.25, -0.2) is 0 Å². The minimum Gasteiger partial charge on any atom is -0.466 e. The van der Waals surface area contributed by atoms with Crippen LogP contribution in [0.1, 0.15) is 36.1 Å². The Balaban J connectivity index is 2.40. The van der Waals surface area contributed by atoms with Crippen LogP contribution in [0.25, 0.3) is 0 Å². The van der Waals surface area contributed by atoms with Crippen molar-refractivity contribution in [2.24, 2.45) is 0 Å². The van der Waals surface area contributed by atoms with E-state index in [1.54, 1.807) is 6.92 Å². The molecule has 2 aromatic rings. The summed E-state index contributed by atoms with van der Waals surface area (Å²) >= 11 is 0. The standard InChI is InChI=1S/C15H18N2O3/c1-3-20-13(18)9-12(11-7-5-4-6-8-11)14-10(2)16-17-15(14)19/h4-8,12H,3,9H2,1-2H3,(H2,16,17,19)/t12-/m0/s1. The van der Waals surface area contributed by atoms with Gasteiger partial charge in [0.1, 0.15) is 0 Å². The van der Waals surface area contributed by atoms with Gasteiger partial charge in [0.15, 0.2) is 0 Å². The molecule has 20 heavy (non-hydrogen) atoms. The fraction of sp³-hybridized carbons (Fsp3) is 0.333. The van der Waals surface area contributed by atoms with E-state index < -0.39 is 0 Å². The number of hydrogen-bond donors (Lipinski definition) is 2. The van der Waals surface area contributed by atoms with Crippen molar-refractivity contribution in [2.75, 3.05) is 6.61 Å². The molecule has 0 amide bonds. The second-order valence-corrected chi connectivity index (χ2v) is 4.59. The van der Waals surface area contributed by atoms with Gasteiger partial charge in [-0.3, -0.25) is 14.7 Å². The largest absolute Gasteiger partial charge is 0.466 e. The van der Waals surface area contributed by atoms with Crippen molar-refractivity contribution in [3.63, 3.8) is 0 Å². The molecule has 2 N–H and O–H groups in total. The van der Waals surface area contributed by atoms with Gasteiger partial charge in [-0.1, -0.05) is 30.3 Å². The molecule has 0 bridgehead atoms. The number of ether oxygens (including phenoxy) is 1. The van der Waals surface area contributed by atoms with Crippen molar-refractivity contribution >= 4 is 5.97 Å². The van der Waals surface area contributed by atoms with Crippen molar-refractivity contribution in [1.29, 1.82) is 0 Å². The SMILES string of the molecule is CCOC(=O)C[C@@H](c1ccccc1)c1c(C)[nH][nH]c1=O. The van der Waals surface area contributed by atoms with Crippen LogP contribution in [0.3, 0.4) is 0 Å². The van der Waals surface area contributed by atoms with E-state index in [2.05, 4.69) is 10.2 Å². The van der Waals surface area contributed by atoms with Gasteiger partial charge in [0.2, 0.25) is 0 Å². The van der Waals surface area contributed by atoms with Crippen molar-refractivity contribution in [3.8, 4) is 0 Å². The fourth-order valence-electron chi connectivity index (χ4n) is 2.33. The topological polar surface area (TPSA) is 75.0 Å². The molecule has 0 saturated carbocycles.